The molecule has 0 heterocycles. The van der Waals surface area contributed by atoms with Gasteiger partial charge >= 0.3 is 0 Å². The van der Waals surface area contributed by atoms with Crippen molar-refractivity contribution >= 4 is 23.4 Å². The third kappa shape index (κ3) is 7.52. The van der Waals surface area contributed by atoms with Gasteiger partial charge in [-0.3, -0.25) is 9.79 Å². The van der Waals surface area contributed by atoms with E-state index in [4.69, 9.17) is 10.5 Å². The van der Waals surface area contributed by atoms with Crippen molar-refractivity contribution in [3.63, 3.8) is 0 Å². The third-order valence-electron chi connectivity index (χ3n) is 8.58. The van der Waals surface area contributed by atoms with Gasteiger partial charge in [0.05, 0.1) is 7.11 Å². The lowest BCUT2D eigenvalue weighted by atomic mass is 9.78. The van der Waals surface area contributed by atoms with E-state index in [1.807, 2.05) is 12.3 Å². The van der Waals surface area contributed by atoms with Crippen LogP contribution in [-0.4, -0.2) is 31.8 Å². The van der Waals surface area contributed by atoms with Gasteiger partial charge in [0.1, 0.15) is 5.75 Å². The number of benzene rings is 2. The van der Waals surface area contributed by atoms with Gasteiger partial charge in [-0.15, -0.1) is 0 Å². The molecule has 210 valence electrons. The number of carbonyl (C=O) groups excluding carboxylic acids is 1. The molecule has 0 aromatic heterocycles. The number of hydrogen-bond donors (Lipinski definition) is 1. The minimum atomic E-state index is 0.132. The van der Waals surface area contributed by atoms with Crippen molar-refractivity contribution in [3.8, 4) is 5.75 Å². The smallest absolute Gasteiger partial charge is 0.230 e. The van der Waals surface area contributed by atoms with E-state index >= 15 is 0 Å². The van der Waals surface area contributed by atoms with Crippen LogP contribution in [0.1, 0.15) is 94.2 Å². The second kappa shape index (κ2) is 13.8. The molecule has 2 aromatic carbocycles. The van der Waals surface area contributed by atoms with E-state index in [0.717, 1.165) is 80.5 Å². The zero-order chi connectivity index (χ0) is 27.8. The highest BCUT2D eigenvalue weighted by Crippen LogP contribution is 2.38. The number of aryl methyl sites for hydroxylation is 1. The Morgan fingerprint density at radius 1 is 1.05 bits per heavy atom. The number of amides is 1. The van der Waals surface area contributed by atoms with Crippen molar-refractivity contribution in [2.45, 2.75) is 90.5 Å². The van der Waals surface area contributed by atoms with Gasteiger partial charge in [0.2, 0.25) is 5.91 Å². The second-order valence-electron chi connectivity index (χ2n) is 11.8. The maximum absolute atomic E-state index is 14.0. The number of hydrogen-bond acceptors (Lipinski definition) is 4. The number of rotatable bonds is 9. The van der Waals surface area contributed by atoms with Crippen LogP contribution in [0.3, 0.4) is 0 Å². The largest absolute Gasteiger partial charge is 0.496 e. The van der Waals surface area contributed by atoms with E-state index in [1.165, 1.54) is 17.5 Å². The summed E-state index contributed by atoms with van der Waals surface area (Å²) in [7, 11) is 1.73. The Balaban J connectivity index is 1.52. The summed E-state index contributed by atoms with van der Waals surface area (Å²) in [6.07, 6.45) is 13.6. The van der Waals surface area contributed by atoms with Crippen molar-refractivity contribution < 1.29 is 9.53 Å². The zero-order valence-electron chi connectivity index (χ0n) is 24.4. The fraction of sp³-hybridized carbons (Fsp3) is 0.529. The maximum Gasteiger partial charge on any atom is 0.230 e. The standard InChI is InChI=1S/C34H47N3O2/c1-24(2)36-22-31(21-35)29-11-8-12-32(20-29)37(34(38)28-9-6-5-7-10-28)23-26-13-15-27(16-14-26)30-17-18-33(39-4)25(3)19-30/h8,11-12,17-22,24,26-28H,5-7,9-10,13-16,23,35H2,1-4H3/b31-21+,36-22?. The molecule has 1 amide bonds. The summed E-state index contributed by atoms with van der Waals surface area (Å²) in [6, 6.07) is 15.1. The summed E-state index contributed by atoms with van der Waals surface area (Å²) in [5.41, 5.74) is 11.5. The highest BCUT2D eigenvalue weighted by molar-refractivity contribution is 6.10. The van der Waals surface area contributed by atoms with Gasteiger partial charge < -0.3 is 15.4 Å². The van der Waals surface area contributed by atoms with E-state index in [2.05, 4.69) is 67.1 Å². The number of ether oxygens (including phenoxy) is 1. The van der Waals surface area contributed by atoms with Gasteiger partial charge in [-0.1, -0.05) is 43.5 Å². The summed E-state index contributed by atoms with van der Waals surface area (Å²) < 4.78 is 5.46. The Labute approximate surface area is 235 Å². The maximum atomic E-state index is 14.0. The minimum absolute atomic E-state index is 0.132. The Morgan fingerprint density at radius 2 is 1.79 bits per heavy atom. The van der Waals surface area contributed by atoms with Gasteiger partial charge in [0.15, 0.2) is 0 Å². The Morgan fingerprint density at radius 3 is 2.44 bits per heavy atom. The van der Waals surface area contributed by atoms with E-state index < -0.39 is 0 Å². The highest BCUT2D eigenvalue weighted by atomic mass is 16.5. The zero-order valence-corrected chi connectivity index (χ0v) is 24.4. The summed E-state index contributed by atoms with van der Waals surface area (Å²) in [6.45, 7) is 7.01. The lowest BCUT2D eigenvalue weighted by molar-refractivity contribution is -0.123. The third-order valence-corrected chi connectivity index (χ3v) is 8.58. The number of allylic oxidation sites excluding steroid dienone is 1. The summed E-state index contributed by atoms with van der Waals surface area (Å²) in [5, 5.41) is 0. The molecule has 0 bridgehead atoms. The molecule has 0 aliphatic heterocycles. The number of methoxy groups -OCH3 is 1. The average Bonchev–Trinajstić information content (AvgIpc) is 2.96. The molecule has 2 aromatic rings. The number of nitrogens with two attached hydrogens (primary N) is 1. The monoisotopic (exact) mass is 529 g/mol. The van der Waals surface area contributed by atoms with E-state index in [9.17, 15) is 4.79 Å². The molecule has 39 heavy (non-hydrogen) atoms. The summed E-state index contributed by atoms with van der Waals surface area (Å²) >= 11 is 0. The Hall–Kier alpha value is -3.08. The average molecular weight is 530 g/mol. The number of nitrogens with zero attached hydrogens (tertiary/aromatic N) is 2. The Kier molecular flexibility index (Phi) is 10.2. The molecule has 5 heteroatoms. The molecule has 2 aliphatic rings. The number of anilines is 1. The quantitative estimate of drug-likeness (QED) is 0.339. The molecule has 4 rings (SSSR count). The first kappa shape index (κ1) is 28.9. The van der Waals surface area contributed by atoms with E-state index in [-0.39, 0.29) is 12.0 Å². The molecule has 0 radical (unpaired) electrons. The predicted octanol–water partition coefficient (Wildman–Crippen LogP) is 7.67. The number of carbonyl (C=O) groups is 1. The molecule has 2 fully saturated rings. The molecule has 2 N–H and O–H groups in total. The van der Waals surface area contributed by atoms with Crippen LogP contribution >= 0.6 is 0 Å². The van der Waals surface area contributed by atoms with Crippen LogP contribution in [0.15, 0.2) is 53.7 Å². The molecule has 5 nitrogen and oxygen atoms in total. The fourth-order valence-electron chi connectivity index (χ4n) is 6.28. The van der Waals surface area contributed by atoms with Crippen LogP contribution in [0.5, 0.6) is 5.75 Å². The number of aliphatic imine (C=N–C) groups is 1. The van der Waals surface area contributed by atoms with Gasteiger partial charge in [-0.25, -0.2) is 0 Å². The van der Waals surface area contributed by atoms with Gasteiger partial charge in [-0.05, 0) is 106 Å². The topological polar surface area (TPSA) is 67.9 Å². The summed E-state index contributed by atoms with van der Waals surface area (Å²) in [5.74, 6) is 2.47. The van der Waals surface area contributed by atoms with Gasteiger partial charge in [0.25, 0.3) is 0 Å². The van der Waals surface area contributed by atoms with Crippen LogP contribution in [0.25, 0.3) is 5.57 Å². The molecule has 2 aliphatic carbocycles. The van der Waals surface area contributed by atoms with Crippen molar-refractivity contribution in [2.24, 2.45) is 22.6 Å². The molecule has 2 saturated carbocycles. The van der Waals surface area contributed by atoms with Crippen molar-refractivity contribution in [3.05, 3.63) is 65.4 Å². The first-order valence-electron chi connectivity index (χ1n) is 14.9. The second-order valence-corrected chi connectivity index (χ2v) is 11.8. The summed E-state index contributed by atoms with van der Waals surface area (Å²) in [4.78, 5) is 20.6. The molecule has 0 unspecified atom stereocenters. The van der Waals surface area contributed by atoms with E-state index in [1.54, 1.807) is 13.3 Å². The SMILES string of the molecule is COc1ccc(C2CCC(CN(C(=O)C3CCCCC3)c3cccc(/C(C=NC(C)C)=C/N)c3)CC2)cc1C. The van der Waals surface area contributed by atoms with Gasteiger partial charge in [0, 0.05) is 42.2 Å². The Bertz CT molecular complexity index is 1150. The fourth-order valence-corrected chi connectivity index (χ4v) is 6.28. The van der Waals surface area contributed by atoms with Gasteiger partial charge in [-0.2, -0.15) is 0 Å². The first-order chi connectivity index (χ1) is 18.9. The molecule has 0 atom stereocenters. The minimum Gasteiger partial charge on any atom is -0.496 e. The van der Waals surface area contributed by atoms with Crippen molar-refractivity contribution in [1.82, 2.24) is 0 Å². The predicted molar refractivity (Wildman–Crippen MR) is 164 cm³/mol. The van der Waals surface area contributed by atoms with Crippen LogP contribution in [-0.2, 0) is 4.79 Å². The molecule has 0 saturated heterocycles. The lowest BCUT2D eigenvalue weighted by Crippen LogP contribution is -2.41. The highest BCUT2D eigenvalue weighted by Gasteiger charge is 2.31. The van der Waals surface area contributed by atoms with Crippen molar-refractivity contribution in [1.29, 1.82) is 0 Å². The van der Waals surface area contributed by atoms with Crippen molar-refractivity contribution in [2.75, 3.05) is 18.6 Å². The van der Waals surface area contributed by atoms with Crippen LogP contribution in [0, 0.1) is 18.8 Å². The van der Waals surface area contributed by atoms with Crippen LogP contribution < -0.4 is 15.4 Å². The molecular formula is C34H47N3O2. The lowest BCUT2D eigenvalue weighted by Gasteiger charge is -2.35. The first-order valence-corrected chi connectivity index (χ1v) is 14.9. The normalized spacial score (nSPS) is 20.9. The van der Waals surface area contributed by atoms with Crippen LogP contribution in [0.4, 0.5) is 5.69 Å². The molecular weight excluding hydrogens is 482 g/mol. The molecule has 0 spiro atoms. The van der Waals surface area contributed by atoms with Crippen LogP contribution in [0.2, 0.25) is 0 Å². The van der Waals surface area contributed by atoms with E-state index in [0.29, 0.717) is 17.7 Å².